The second-order valence-corrected chi connectivity index (χ2v) is 8.69. The van der Waals surface area contributed by atoms with Gasteiger partial charge in [0.25, 0.3) is 5.91 Å². The Labute approximate surface area is 134 Å². The van der Waals surface area contributed by atoms with Gasteiger partial charge in [0, 0.05) is 23.9 Å². The molecule has 1 aromatic rings. The van der Waals surface area contributed by atoms with Gasteiger partial charge >= 0.3 is 0 Å². The standard InChI is InChI=1S/C14H20N2O4S2/c1-2-11-3-4-12(21-11)14(18)15-7-5-13(17)16-10-6-8-22(19,20)9-10/h3-4,10H,2,5-9H2,1H3,(H,15,18)(H,16,17). The van der Waals surface area contributed by atoms with Crippen molar-refractivity contribution in [2.45, 2.75) is 32.2 Å². The molecule has 22 heavy (non-hydrogen) atoms. The van der Waals surface area contributed by atoms with Gasteiger partial charge in [-0.05, 0) is 25.0 Å². The number of aryl methyl sites for hydroxylation is 1. The van der Waals surface area contributed by atoms with Crippen molar-refractivity contribution in [1.29, 1.82) is 0 Å². The van der Waals surface area contributed by atoms with Crippen LogP contribution in [0.2, 0.25) is 0 Å². The zero-order chi connectivity index (χ0) is 16.2. The van der Waals surface area contributed by atoms with Crippen molar-refractivity contribution in [2.24, 2.45) is 0 Å². The molecule has 2 rings (SSSR count). The lowest BCUT2D eigenvalue weighted by molar-refractivity contribution is -0.121. The van der Waals surface area contributed by atoms with Crippen LogP contribution in [0.25, 0.3) is 0 Å². The van der Waals surface area contributed by atoms with Crippen LogP contribution in [0.5, 0.6) is 0 Å². The van der Waals surface area contributed by atoms with Crippen LogP contribution in [-0.4, -0.2) is 44.3 Å². The van der Waals surface area contributed by atoms with Gasteiger partial charge in [0.05, 0.1) is 16.4 Å². The Kier molecular flexibility index (Phi) is 5.57. The summed E-state index contributed by atoms with van der Waals surface area (Å²) in [6.07, 6.45) is 1.51. The summed E-state index contributed by atoms with van der Waals surface area (Å²) in [6.45, 7) is 2.27. The third-order valence-electron chi connectivity index (χ3n) is 3.47. The Balaban J connectivity index is 1.69. The fraction of sp³-hybridized carbons (Fsp3) is 0.571. The van der Waals surface area contributed by atoms with Crippen molar-refractivity contribution in [3.05, 3.63) is 21.9 Å². The SMILES string of the molecule is CCc1ccc(C(=O)NCCC(=O)NC2CCS(=O)(=O)C2)s1. The molecule has 1 aliphatic heterocycles. The molecular formula is C14H20N2O4S2. The Morgan fingerprint density at radius 3 is 2.73 bits per heavy atom. The van der Waals surface area contributed by atoms with E-state index in [2.05, 4.69) is 10.6 Å². The van der Waals surface area contributed by atoms with Gasteiger partial charge in [-0.15, -0.1) is 11.3 Å². The van der Waals surface area contributed by atoms with Gasteiger partial charge in [0.15, 0.2) is 9.84 Å². The van der Waals surface area contributed by atoms with Crippen LogP contribution in [0.4, 0.5) is 0 Å². The summed E-state index contributed by atoms with van der Waals surface area (Å²) in [5.74, 6) is -0.267. The molecule has 0 spiro atoms. The third kappa shape index (κ3) is 4.81. The first kappa shape index (κ1) is 17.0. The van der Waals surface area contributed by atoms with Crippen LogP contribution < -0.4 is 10.6 Å². The van der Waals surface area contributed by atoms with Gasteiger partial charge in [-0.2, -0.15) is 0 Å². The maximum atomic E-state index is 11.9. The van der Waals surface area contributed by atoms with Crippen molar-refractivity contribution >= 4 is 33.0 Å². The number of amides is 2. The fourth-order valence-electron chi connectivity index (χ4n) is 2.28. The van der Waals surface area contributed by atoms with Gasteiger partial charge in [0.1, 0.15) is 0 Å². The molecule has 0 radical (unpaired) electrons. The van der Waals surface area contributed by atoms with E-state index in [4.69, 9.17) is 0 Å². The molecule has 1 fully saturated rings. The van der Waals surface area contributed by atoms with Crippen LogP contribution in [-0.2, 0) is 21.1 Å². The molecule has 1 saturated heterocycles. The van der Waals surface area contributed by atoms with E-state index in [-0.39, 0.29) is 42.3 Å². The quantitative estimate of drug-likeness (QED) is 0.796. The summed E-state index contributed by atoms with van der Waals surface area (Å²) >= 11 is 1.45. The molecule has 1 atom stereocenters. The number of hydrogen-bond acceptors (Lipinski definition) is 5. The number of rotatable bonds is 6. The van der Waals surface area contributed by atoms with E-state index in [9.17, 15) is 18.0 Å². The van der Waals surface area contributed by atoms with E-state index in [1.165, 1.54) is 11.3 Å². The highest BCUT2D eigenvalue weighted by molar-refractivity contribution is 7.91. The minimum absolute atomic E-state index is 0.0140. The molecule has 0 bridgehead atoms. The van der Waals surface area contributed by atoms with Crippen LogP contribution in [0.15, 0.2) is 12.1 Å². The van der Waals surface area contributed by atoms with E-state index in [1.54, 1.807) is 6.07 Å². The van der Waals surface area contributed by atoms with E-state index in [0.717, 1.165) is 11.3 Å². The lowest BCUT2D eigenvalue weighted by Gasteiger charge is -2.10. The Bertz CT molecular complexity index is 652. The van der Waals surface area contributed by atoms with Gasteiger partial charge in [-0.1, -0.05) is 6.92 Å². The number of hydrogen-bond donors (Lipinski definition) is 2. The Morgan fingerprint density at radius 2 is 2.14 bits per heavy atom. The molecule has 2 amide bonds. The molecular weight excluding hydrogens is 324 g/mol. The van der Waals surface area contributed by atoms with E-state index < -0.39 is 9.84 Å². The highest BCUT2D eigenvalue weighted by Gasteiger charge is 2.28. The van der Waals surface area contributed by atoms with Crippen LogP contribution >= 0.6 is 11.3 Å². The van der Waals surface area contributed by atoms with Crippen LogP contribution in [0.3, 0.4) is 0 Å². The Morgan fingerprint density at radius 1 is 1.36 bits per heavy atom. The molecule has 1 aliphatic rings. The predicted molar refractivity (Wildman–Crippen MR) is 85.8 cm³/mol. The van der Waals surface area contributed by atoms with E-state index in [1.807, 2.05) is 13.0 Å². The average Bonchev–Trinajstić information content (AvgIpc) is 3.05. The van der Waals surface area contributed by atoms with Gasteiger partial charge < -0.3 is 10.6 Å². The number of carbonyl (C=O) groups is 2. The zero-order valence-electron chi connectivity index (χ0n) is 12.4. The molecule has 0 aromatic carbocycles. The van der Waals surface area contributed by atoms with Crippen molar-refractivity contribution in [3.63, 3.8) is 0 Å². The minimum atomic E-state index is -2.99. The maximum absolute atomic E-state index is 11.9. The molecule has 6 nitrogen and oxygen atoms in total. The number of carbonyl (C=O) groups excluding carboxylic acids is 2. The Hall–Kier alpha value is -1.41. The monoisotopic (exact) mass is 344 g/mol. The smallest absolute Gasteiger partial charge is 0.261 e. The van der Waals surface area contributed by atoms with Crippen molar-refractivity contribution < 1.29 is 18.0 Å². The summed E-state index contributed by atoms with van der Waals surface area (Å²) in [5, 5.41) is 5.40. The first-order valence-electron chi connectivity index (χ1n) is 7.26. The molecule has 0 aliphatic carbocycles. The van der Waals surface area contributed by atoms with Crippen molar-refractivity contribution in [3.8, 4) is 0 Å². The summed E-state index contributed by atoms with van der Waals surface area (Å²) in [7, 11) is -2.99. The molecule has 8 heteroatoms. The predicted octanol–water partition coefficient (Wildman–Crippen LogP) is 0.734. The zero-order valence-corrected chi connectivity index (χ0v) is 14.1. The maximum Gasteiger partial charge on any atom is 0.261 e. The summed E-state index contributed by atoms with van der Waals surface area (Å²) in [5.41, 5.74) is 0. The van der Waals surface area contributed by atoms with Gasteiger partial charge in [-0.25, -0.2) is 8.42 Å². The minimum Gasteiger partial charge on any atom is -0.352 e. The lowest BCUT2D eigenvalue weighted by atomic mass is 10.2. The van der Waals surface area contributed by atoms with Gasteiger partial charge in [0.2, 0.25) is 5.91 Å². The van der Waals surface area contributed by atoms with E-state index >= 15 is 0 Å². The molecule has 1 unspecified atom stereocenters. The highest BCUT2D eigenvalue weighted by Crippen LogP contribution is 2.16. The van der Waals surface area contributed by atoms with Crippen molar-refractivity contribution in [1.82, 2.24) is 10.6 Å². The lowest BCUT2D eigenvalue weighted by Crippen LogP contribution is -2.37. The molecule has 2 heterocycles. The summed E-state index contributed by atoms with van der Waals surface area (Å²) in [6, 6.07) is 3.41. The second-order valence-electron chi connectivity index (χ2n) is 5.29. The largest absolute Gasteiger partial charge is 0.352 e. The summed E-state index contributed by atoms with van der Waals surface area (Å²) in [4.78, 5) is 25.4. The number of thiophene rings is 1. The van der Waals surface area contributed by atoms with E-state index in [0.29, 0.717) is 11.3 Å². The average molecular weight is 344 g/mol. The number of sulfone groups is 1. The third-order valence-corrected chi connectivity index (χ3v) is 6.47. The highest BCUT2D eigenvalue weighted by atomic mass is 32.2. The topological polar surface area (TPSA) is 92.3 Å². The molecule has 122 valence electrons. The van der Waals surface area contributed by atoms with Crippen LogP contribution in [0, 0.1) is 0 Å². The van der Waals surface area contributed by atoms with Crippen LogP contribution in [0.1, 0.15) is 34.3 Å². The number of nitrogens with one attached hydrogen (secondary N) is 2. The molecule has 1 aromatic heterocycles. The second kappa shape index (κ2) is 7.23. The van der Waals surface area contributed by atoms with Gasteiger partial charge in [-0.3, -0.25) is 9.59 Å². The molecule has 0 saturated carbocycles. The van der Waals surface area contributed by atoms with Crippen molar-refractivity contribution in [2.75, 3.05) is 18.1 Å². The fourth-order valence-corrected chi connectivity index (χ4v) is 4.81. The first-order valence-corrected chi connectivity index (χ1v) is 9.90. The summed E-state index contributed by atoms with van der Waals surface area (Å²) < 4.78 is 22.6. The first-order chi connectivity index (χ1) is 10.4. The normalized spacial score (nSPS) is 19.8. The molecule has 2 N–H and O–H groups in total.